The highest BCUT2D eigenvalue weighted by atomic mass is 16.6. The molecule has 0 saturated heterocycles. The Kier molecular flexibility index (Phi) is 14.8. The maximum absolute atomic E-state index is 13.7. The first-order valence-corrected chi connectivity index (χ1v) is 15.3. The number of alkyl carbamates (subject to hydrolysis) is 1. The van der Waals surface area contributed by atoms with Crippen molar-refractivity contribution in [2.45, 2.75) is 110 Å². The lowest BCUT2D eigenvalue weighted by Crippen LogP contribution is -2.58. The number of aromatic nitrogens is 2. The van der Waals surface area contributed by atoms with E-state index in [1.165, 1.54) is 6.33 Å². The molecule has 0 aliphatic rings. The minimum absolute atomic E-state index is 0.0183. The molecule has 4 atom stereocenters. The molecule has 6 N–H and O–H groups in total. The quantitative estimate of drug-likeness (QED) is 0.159. The van der Waals surface area contributed by atoms with Gasteiger partial charge < -0.3 is 36.1 Å². The van der Waals surface area contributed by atoms with Gasteiger partial charge in [0, 0.05) is 32.0 Å². The summed E-state index contributed by atoms with van der Waals surface area (Å²) < 4.78 is 5.39. The largest absolute Gasteiger partial charge is 0.444 e. The molecule has 0 fully saturated rings. The fourth-order valence-corrected chi connectivity index (χ4v) is 4.49. The van der Waals surface area contributed by atoms with Crippen LogP contribution in [0, 0.1) is 5.92 Å². The molecule has 2 aromatic rings. The van der Waals surface area contributed by atoms with Crippen LogP contribution in [0.25, 0.3) is 0 Å². The second kappa shape index (κ2) is 18.0. The predicted molar refractivity (Wildman–Crippen MR) is 167 cm³/mol. The number of nitrogens with zero attached hydrogens (tertiary/aromatic N) is 1. The topological polar surface area (TPSA) is 175 Å². The van der Waals surface area contributed by atoms with Crippen molar-refractivity contribution in [1.82, 2.24) is 31.2 Å². The second-order valence-corrected chi connectivity index (χ2v) is 12.4. The fourth-order valence-electron chi connectivity index (χ4n) is 4.49. The van der Waals surface area contributed by atoms with E-state index in [2.05, 4.69) is 31.2 Å². The van der Waals surface area contributed by atoms with Crippen LogP contribution in [0.4, 0.5) is 4.79 Å². The maximum atomic E-state index is 13.7. The predicted octanol–water partition coefficient (Wildman–Crippen LogP) is 2.77. The van der Waals surface area contributed by atoms with Gasteiger partial charge in [0.05, 0.1) is 24.2 Å². The highest BCUT2D eigenvalue weighted by Gasteiger charge is 2.31. The van der Waals surface area contributed by atoms with Crippen LogP contribution < -0.4 is 21.3 Å². The van der Waals surface area contributed by atoms with Crippen LogP contribution in [0.1, 0.15) is 78.5 Å². The van der Waals surface area contributed by atoms with Crippen LogP contribution in [0.15, 0.2) is 42.9 Å². The normalized spacial score (nSPS) is 14.2. The Balaban J connectivity index is 2.24. The number of H-pyrrole nitrogens is 1. The Morgan fingerprint density at radius 2 is 1.64 bits per heavy atom. The van der Waals surface area contributed by atoms with E-state index >= 15 is 0 Å². The van der Waals surface area contributed by atoms with Crippen molar-refractivity contribution >= 4 is 23.8 Å². The number of unbranched alkanes of at least 4 members (excludes halogenated alkanes) is 1. The van der Waals surface area contributed by atoms with Crippen molar-refractivity contribution in [3.63, 3.8) is 0 Å². The van der Waals surface area contributed by atoms with E-state index in [1.54, 1.807) is 27.0 Å². The van der Waals surface area contributed by atoms with Crippen LogP contribution in [0.3, 0.4) is 0 Å². The molecule has 0 saturated carbocycles. The van der Waals surface area contributed by atoms with Gasteiger partial charge in [0.25, 0.3) is 0 Å². The lowest BCUT2D eigenvalue weighted by atomic mass is 9.98. The van der Waals surface area contributed by atoms with E-state index in [9.17, 15) is 24.3 Å². The number of aliphatic hydroxyl groups is 1. The number of hydrogen-bond acceptors (Lipinski definition) is 7. The summed E-state index contributed by atoms with van der Waals surface area (Å²) >= 11 is 0. The van der Waals surface area contributed by atoms with Gasteiger partial charge in [-0.3, -0.25) is 14.4 Å². The summed E-state index contributed by atoms with van der Waals surface area (Å²) in [6.45, 7) is 11.1. The Labute approximate surface area is 260 Å². The molecule has 0 aliphatic carbocycles. The zero-order valence-electron chi connectivity index (χ0n) is 26.8. The van der Waals surface area contributed by atoms with Crippen LogP contribution in [0.5, 0.6) is 0 Å². The molecule has 2 rings (SSSR count). The van der Waals surface area contributed by atoms with Crippen molar-refractivity contribution in [1.29, 1.82) is 0 Å². The zero-order valence-corrected chi connectivity index (χ0v) is 26.8. The summed E-state index contributed by atoms with van der Waals surface area (Å²) in [7, 11) is 0. The van der Waals surface area contributed by atoms with E-state index in [1.807, 2.05) is 51.1 Å². The maximum Gasteiger partial charge on any atom is 0.408 e. The molecular formula is C32H50N6O6. The van der Waals surface area contributed by atoms with Gasteiger partial charge in [-0.15, -0.1) is 0 Å². The van der Waals surface area contributed by atoms with Gasteiger partial charge >= 0.3 is 6.09 Å². The molecule has 0 spiro atoms. The Morgan fingerprint density at radius 3 is 2.23 bits per heavy atom. The van der Waals surface area contributed by atoms with Crippen molar-refractivity contribution in [2.24, 2.45) is 5.92 Å². The average Bonchev–Trinajstić information content (AvgIpc) is 3.46. The molecule has 1 heterocycles. The highest BCUT2D eigenvalue weighted by molar-refractivity contribution is 5.91. The van der Waals surface area contributed by atoms with Gasteiger partial charge in [-0.2, -0.15) is 0 Å². The van der Waals surface area contributed by atoms with Gasteiger partial charge in [-0.25, -0.2) is 9.78 Å². The van der Waals surface area contributed by atoms with E-state index in [0.717, 1.165) is 18.4 Å². The Bertz CT molecular complexity index is 1170. The van der Waals surface area contributed by atoms with Gasteiger partial charge in [-0.1, -0.05) is 57.5 Å². The number of benzene rings is 1. The summed E-state index contributed by atoms with van der Waals surface area (Å²) in [5.74, 6) is -1.15. The zero-order chi connectivity index (χ0) is 32.7. The lowest BCUT2D eigenvalue weighted by Gasteiger charge is -2.29. The standard InChI is InChI=1S/C32H50N6O6/c1-7-8-14-28(40)34-19-27(39)24(15-21(2)3)36-30(42)26(17-23-18-33-20-35-23)37-29(41)25(16-22-12-10-9-11-13-22)38-31(43)44-32(4,5)6/h9-13,18,20-21,24-27,39H,7-8,14-17,19H2,1-6H3,(H,33,35)(H,34,40)(H,36,42)(H,37,41)(H,38,43)/t24?,25-,26-,27?/m0/s1. The molecule has 44 heavy (non-hydrogen) atoms. The first kappa shape index (κ1) is 36.3. The van der Waals surface area contributed by atoms with E-state index in [4.69, 9.17) is 4.74 Å². The number of aromatic amines is 1. The van der Waals surface area contributed by atoms with Crippen molar-refractivity contribution < 1.29 is 29.0 Å². The average molecular weight is 615 g/mol. The Morgan fingerprint density at radius 1 is 0.977 bits per heavy atom. The minimum Gasteiger partial charge on any atom is -0.444 e. The first-order valence-electron chi connectivity index (χ1n) is 15.3. The van der Waals surface area contributed by atoms with Gasteiger partial charge in [0.2, 0.25) is 17.7 Å². The number of nitrogens with one attached hydrogen (secondary N) is 5. The smallest absolute Gasteiger partial charge is 0.408 e. The molecule has 4 amide bonds. The second-order valence-electron chi connectivity index (χ2n) is 12.4. The number of carbonyl (C=O) groups excluding carboxylic acids is 4. The van der Waals surface area contributed by atoms with E-state index < -0.39 is 47.7 Å². The van der Waals surface area contributed by atoms with Crippen LogP contribution >= 0.6 is 0 Å². The monoisotopic (exact) mass is 614 g/mol. The number of rotatable bonds is 17. The third-order valence-corrected chi connectivity index (χ3v) is 6.67. The Hall–Kier alpha value is -3.93. The number of carbonyl (C=O) groups is 4. The third-order valence-electron chi connectivity index (χ3n) is 6.67. The summed E-state index contributed by atoms with van der Waals surface area (Å²) in [6, 6.07) is 6.38. The summed E-state index contributed by atoms with van der Waals surface area (Å²) in [5.41, 5.74) is 0.564. The third kappa shape index (κ3) is 14.0. The molecule has 244 valence electrons. The first-order chi connectivity index (χ1) is 20.8. The van der Waals surface area contributed by atoms with Crippen LogP contribution in [0.2, 0.25) is 0 Å². The number of amides is 4. The van der Waals surface area contributed by atoms with Crippen molar-refractivity contribution in [3.05, 3.63) is 54.1 Å². The summed E-state index contributed by atoms with van der Waals surface area (Å²) in [5, 5.41) is 22.0. The molecule has 2 unspecified atom stereocenters. The van der Waals surface area contributed by atoms with Crippen LogP contribution in [-0.2, 0) is 32.0 Å². The van der Waals surface area contributed by atoms with E-state index in [-0.39, 0.29) is 31.2 Å². The SMILES string of the molecule is CCCCC(=O)NCC(O)C(CC(C)C)NC(=O)[C@H](Cc1c[nH]cn1)NC(=O)[C@H](Cc1ccccc1)NC(=O)OC(C)(C)C. The molecular weight excluding hydrogens is 564 g/mol. The molecule has 1 aromatic carbocycles. The molecule has 12 heteroatoms. The van der Waals surface area contributed by atoms with E-state index in [0.29, 0.717) is 18.5 Å². The minimum atomic E-state index is -1.08. The number of imidazole rings is 1. The number of ether oxygens (including phenoxy) is 1. The van der Waals surface area contributed by atoms with Crippen LogP contribution in [-0.4, -0.2) is 75.3 Å². The summed E-state index contributed by atoms with van der Waals surface area (Å²) in [6.07, 6.45) is 3.94. The fraction of sp³-hybridized carbons (Fsp3) is 0.594. The highest BCUT2D eigenvalue weighted by Crippen LogP contribution is 2.12. The number of hydrogen-bond donors (Lipinski definition) is 6. The number of aliphatic hydroxyl groups excluding tert-OH is 1. The summed E-state index contributed by atoms with van der Waals surface area (Å²) in [4.78, 5) is 59.2. The van der Waals surface area contributed by atoms with Gasteiger partial charge in [0.15, 0.2) is 0 Å². The lowest BCUT2D eigenvalue weighted by molar-refractivity contribution is -0.131. The van der Waals surface area contributed by atoms with Crippen molar-refractivity contribution in [3.8, 4) is 0 Å². The molecule has 1 aromatic heterocycles. The van der Waals surface area contributed by atoms with Gasteiger partial charge in [-0.05, 0) is 45.1 Å². The van der Waals surface area contributed by atoms with Gasteiger partial charge in [0.1, 0.15) is 17.7 Å². The molecule has 0 radical (unpaired) electrons. The molecule has 12 nitrogen and oxygen atoms in total. The molecule has 0 bridgehead atoms. The molecule has 0 aliphatic heterocycles. The van der Waals surface area contributed by atoms with Crippen molar-refractivity contribution in [2.75, 3.05) is 6.54 Å².